The van der Waals surface area contributed by atoms with Crippen LogP contribution in [0, 0.1) is 5.92 Å². The number of carboxylic acid groups (broad SMARTS) is 1. The largest absolute Gasteiger partial charge is 0.476 e. The summed E-state index contributed by atoms with van der Waals surface area (Å²) < 4.78 is 6.60. The summed E-state index contributed by atoms with van der Waals surface area (Å²) in [6.45, 7) is 1.97. The van der Waals surface area contributed by atoms with E-state index in [0.717, 1.165) is 12.8 Å². The summed E-state index contributed by atoms with van der Waals surface area (Å²) in [7, 11) is 1.68. The van der Waals surface area contributed by atoms with Gasteiger partial charge in [-0.25, -0.2) is 9.48 Å². The number of rotatable bonds is 5. The molecule has 0 saturated carbocycles. The highest BCUT2D eigenvalue weighted by Crippen LogP contribution is 2.21. The second-order valence-electron chi connectivity index (χ2n) is 6.16. The molecule has 0 radical (unpaired) electrons. The highest BCUT2D eigenvalue weighted by Gasteiger charge is 2.27. The molecular formula is C18H21N3O4. The summed E-state index contributed by atoms with van der Waals surface area (Å²) in [4.78, 5) is 26.0. The Bertz CT molecular complexity index is 749. The van der Waals surface area contributed by atoms with Crippen molar-refractivity contribution in [1.29, 1.82) is 0 Å². The number of carbonyl (C=O) groups excluding carboxylic acids is 1. The minimum absolute atomic E-state index is 0.138. The topological polar surface area (TPSA) is 84.7 Å². The van der Waals surface area contributed by atoms with Gasteiger partial charge in [-0.3, -0.25) is 4.79 Å². The monoisotopic (exact) mass is 343 g/mol. The number of benzene rings is 1. The Labute approximate surface area is 145 Å². The zero-order valence-corrected chi connectivity index (χ0v) is 14.1. The molecule has 0 bridgehead atoms. The first-order chi connectivity index (χ1) is 12.1. The number of carbonyl (C=O) groups is 2. The van der Waals surface area contributed by atoms with Crippen LogP contribution in [0.5, 0.6) is 0 Å². The van der Waals surface area contributed by atoms with E-state index in [1.165, 1.54) is 10.7 Å². The summed E-state index contributed by atoms with van der Waals surface area (Å²) in [5.41, 5.74) is 0.794. The van der Waals surface area contributed by atoms with E-state index in [4.69, 9.17) is 4.74 Å². The number of piperidine rings is 1. The van der Waals surface area contributed by atoms with Gasteiger partial charge in [0.1, 0.15) is 5.69 Å². The number of hydrogen-bond donors (Lipinski definition) is 1. The first-order valence-corrected chi connectivity index (χ1v) is 8.27. The van der Waals surface area contributed by atoms with Crippen LogP contribution in [0.1, 0.15) is 33.8 Å². The lowest BCUT2D eigenvalue weighted by molar-refractivity contribution is 0.0605. The number of aromatic carboxylic acids is 1. The Morgan fingerprint density at radius 3 is 2.52 bits per heavy atom. The molecular weight excluding hydrogens is 322 g/mol. The van der Waals surface area contributed by atoms with Gasteiger partial charge in [-0.2, -0.15) is 5.10 Å². The van der Waals surface area contributed by atoms with Crippen molar-refractivity contribution < 1.29 is 19.4 Å². The van der Waals surface area contributed by atoms with Crippen LogP contribution in [-0.2, 0) is 4.74 Å². The number of methoxy groups -OCH3 is 1. The molecule has 1 aromatic carbocycles. The Balaban J connectivity index is 1.86. The van der Waals surface area contributed by atoms with Crippen molar-refractivity contribution in [1.82, 2.24) is 14.7 Å². The van der Waals surface area contributed by atoms with E-state index < -0.39 is 5.97 Å². The van der Waals surface area contributed by atoms with E-state index >= 15 is 0 Å². The van der Waals surface area contributed by atoms with Crippen LogP contribution in [0.25, 0.3) is 5.69 Å². The molecule has 2 aromatic rings. The van der Waals surface area contributed by atoms with Gasteiger partial charge in [0, 0.05) is 32.9 Å². The highest BCUT2D eigenvalue weighted by atomic mass is 16.5. The van der Waals surface area contributed by atoms with Crippen LogP contribution in [0.2, 0.25) is 0 Å². The molecule has 1 aliphatic heterocycles. The van der Waals surface area contributed by atoms with Crippen molar-refractivity contribution in [3.05, 3.63) is 47.8 Å². The molecule has 0 atom stereocenters. The van der Waals surface area contributed by atoms with Crippen molar-refractivity contribution >= 4 is 11.9 Å². The van der Waals surface area contributed by atoms with Crippen molar-refractivity contribution in [3.63, 3.8) is 0 Å². The smallest absolute Gasteiger partial charge is 0.356 e. The number of carboxylic acids is 1. The molecule has 25 heavy (non-hydrogen) atoms. The normalized spacial score (nSPS) is 15.3. The zero-order chi connectivity index (χ0) is 17.8. The number of para-hydroxylation sites is 1. The Kier molecular flexibility index (Phi) is 5.14. The lowest BCUT2D eigenvalue weighted by Crippen LogP contribution is -2.40. The van der Waals surface area contributed by atoms with Gasteiger partial charge in [0.05, 0.1) is 5.69 Å². The van der Waals surface area contributed by atoms with Crippen LogP contribution in [0.4, 0.5) is 0 Å². The second kappa shape index (κ2) is 7.48. The molecule has 0 unspecified atom stereocenters. The molecule has 1 fully saturated rings. The van der Waals surface area contributed by atoms with Gasteiger partial charge < -0.3 is 14.7 Å². The predicted octanol–water partition coefficient (Wildman–Crippen LogP) is 2.07. The van der Waals surface area contributed by atoms with Gasteiger partial charge in [-0.1, -0.05) is 18.2 Å². The minimum atomic E-state index is -1.15. The third-order valence-electron chi connectivity index (χ3n) is 4.45. The third-order valence-corrected chi connectivity index (χ3v) is 4.45. The van der Waals surface area contributed by atoms with E-state index in [9.17, 15) is 14.7 Å². The molecule has 1 N–H and O–H groups in total. The van der Waals surface area contributed by atoms with E-state index in [2.05, 4.69) is 5.10 Å². The van der Waals surface area contributed by atoms with Gasteiger partial charge in [-0.15, -0.1) is 0 Å². The van der Waals surface area contributed by atoms with Crippen molar-refractivity contribution in [2.45, 2.75) is 12.8 Å². The number of ether oxygens (including phenoxy) is 1. The van der Waals surface area contributed by atoms with E-state index in [1.807, 2.05) is 18.2 Å². The van der Waals surface area contributed by atoms with Crippen LogP contribution >= 0.6 is 0 Å². The zero-order valence-electron chi connectivity index (χ0n) is 14.1. The second-order valence-corrected chi connectivity index (χ2v) is 6.16. The quantitative estimate of drug-likeness (QED) is 0.898. The maximum Gasteiger partial charge on any atom is 0.356 e. The Hall–Kier alpha value is -2.67. The number of likely N-dealkylation sites (tertiary alicyclic amines) is 1. The summed E-state index contributed by atoms with van der Waals surface area (Å²) >= 11 is 0. The fraction of sp³-hybridized carbons (Fsp3) is 0.389. The SMILES string of the molecule is COCC1CCN(C(=O)c2cc(C(=O)O)nn2-c2ccccc2)CC1. The van der Waals surface area contributed by atoms with Crippen LogP contribution in [0.3, 0.4) is 0 Å². The molecule has 7 nitrogen and oxygen atoms in total. The fourth-order valence-corrected chi connectivity index (χ4v) is 3.10. The number of aromatic nitrogens is 2. The predicted molar refractivity (Wildman–Crippen MR) is 91.0 cm³/mol. The van der Waals surface area contributed by atoms with Crippen LogP contribution in [-0.4, -0.2) is 58.5 Å². The molecule has 7 heteroatoms. The van der Waals surface area contributed by atoms with Crippen molar-refractivity contribution in [3.8, 4) is 5.69 Å². The third kappa shape index (κ3) is 3.71. The minimum Gasteiger partial charge on any atom is -0.476 e. The van der Waals surface area contributed by atoms with E-state index in [-0.39, 0.29) is 17.3 Å². The van der Waals surface area contributed by atoms with Crippen molar-refractivity contribution in [2.24, 2.45) is 5.92 Å². The Morgan fingerprint density at radius 1 is 1.24 bits per heavy atom. The van der Waals surface area contributed by atoms with E-state index in [1.54, 1.807) is 24.1 Å². The lowest BCUT2D eigenvalue weighted by atomic mass is 9.97. The number of amides is 1. The standard InChI is InChI=1S/C18H21N3O4/c1-25-12-13-7-9-20(10-8-13)17(22)16-11-15(18(23)24)19-21(16)14-5-3-2-4-6-14/h2-6,11,13H,7-10,12H2,1H3,(H,23,24). The van der Waals surface area contributed by atoms with E-state index in [0.29, 0.717) is 31.3 Å². The molecule has 1 amide bonds. The van der Waals surface area contributed by atoms with Crippen LogP contribution in [0.15, 0.2) is 36.4 Å². The summed E-state index contributed by atoms with van der Waals surface area (Å²) in [6, 6.07) is 10.4. The molecule has 1 aliphatic rings. The molecule has 3 rings (SSSR count). The molecule has 2 heterocycles. The number of hydrogen-bond acceptors (Lipinski definition) is 4. The van der Waals surface area contributed by atoms with Gasteiger partial charge in [0.15, 0.2) is 5.69 Å². The average molecular weight is 343 g/mol. The lowest BCUT2D eigenvalue weighted by Gasteiger charge is -2.31. The van der Waals surface area contributed by atoms with Gasteiger partial charge in [0.25, 0.3) is 5.91 Å². The summed E-state index contributed by atoms with van der Waals surface area (Å²) in [5, 5.41) is 13.3. The van der Waals surface area contributed by atoms with Gasteiger partial charge in [0.2, 0.25) is 0 Å². The first kappa shape index (κ1) is 17.2. The van der Waals surface area contributed by atoms with Crippen molar-refractivity contribution in [2.75, 3.05) is 26.8 Å². The maximum absolute atomic E-state index is 12.9. The molecule has 1 aromatic heterocycles. The number of nitrogens with zero attached hydrogens (tertiary/aromatic N) is 3. The van der Waals surface area contributed by atoms with Gasteiger partial charge >= 0.3 is 5.97 Å². The molecule has 132 valence electrons. The highest BCUT2D eigenvalue weighted by molar-refractivity contribution is 5.96. The van der Waals surface area contributed by atoms with Crippen LogP contribution < -0.4 is 0 Å². The first-order valence-electron chi connectivity index (χ1n) is 8.27. The molecule has 0 spiro atoms. The fourth-order valence-electron chi connectivity index (χ4n) is 3.10. The molecule has 1 saturated heterocycles. The molecule has 0 aliphatic carbocycles. The summed E-state index contributed by atoms with van der Waals surface area (Å²) in [6.07, 6.45) is 1.76. The van der Waals surface area contributed by atoms with Gasteiger partial charge in [-0.05, 0) is 30.9 Å². The summed E-state index contributed by atoms with van der Waals surface area (Å²) in [5.74, 6) is -0.884. The maximum atomic E-state index is 12.9. The Morgan fingerprint density at radius 2 is 1.92 bits per heavy atom. The average Bonchev–Trinajstić information content (AvgIpc) is 3.08.